The van der Waals surface area contributed by atoms with E-state index in [1.54, 1.807) is 12.3 Å². The number of hydrazone groups is 1. The summed E-state index contributed by atoms with van der Waals surface area (Å²) in [6, 6.07) is 13.2. The summed E-state index contributed by atoms with van der Waals surface area (Å²) < 4.78 is 0.701. The lowest BCUT2D eigenvalue weighted by Crippen LogP contribution is -2.19. The van der Waals surface area contributed by atoms with Crippen molar-refractivity contribution >= 4 is 35.1 Å². The molecule has 18 heavy (non-hydrogen) atoms. The fourth-order valence-electron chi connectivity index (χ4n) is 1.39. The van der Waals surface area contributed by atoms with Gasteiger partial charge in [-0.3, -0.25) is 4.79 Å². The minimum Gasteiger partial charge on any atom is -0.273 e. The van der Waals surface area contributed by atoms with E-state index in [4.69, 9.17) is 11.6 Å². The second kappa shape index (κ2) is 6.33. The minimum atomic E-state index is -0.139. The maximum absolute atomic E-state index is 11.6. The molecule has 0 radical (unpaired) electrons. The Morgan fingerprint density at radius 3 is 2.72 bits per heavy atom. The summed E-state index contributed by atoms with van der Waals surface area (Å²) in [5.74, 6) is -0.139. The van der Waals surface area contributed by atoms with Crippen molar-refractivity contribution in [3.8, 4) is 0 Å². The Bertz CT molecular complexity index is 551. The van der Waals surface area contributed by atoms with Gasteiger partial charge in [0.05, 0.1) is 17.0 Å². The van der Waals surface area contributed by atoms with Crippen LogP contribution in [0.4, 0.5) is 0 Å². The highest BCUT2D eigenvalue weighted by Crippen LogP contribution is 2.19. The van der Waals surface area contributed by atoms with Gasteiger partial charge in [-0.2, -0.15) is 5.10 Å². The fraction of sp³-hybridized carbons (Fsp3) is 0.0769. The molecule has 1 N–H and O–H groups in total. The molecule has 0 saturated heterocycles. The van der Waals surface area contributed by atoms with Gasteiger partial charge in [0.25, 0.3) is 0 Å². The lowest BCUT2D eigenvalue weighted by atomic mass is 10.1. The van der Waals surface area contributed by atoms with Gasteiger partial charge in [0, 0.05) is 4.88 Å². The van der Waals surface area contributed by atoms with Crippen molar-refractivity contribution in [3.63, 3.8) is 0 Å². The first-order valence-corrected chi connectivity index (χ1v) is 6.54. The maximum Gasteiger partial charge on any atom is 0.244 e. The number of carbonyl (C=O) groups excluding carboxylic acids is 1. The van der Waals surface area contributed by atoms with Crippen LogP contribution in [0.1, 0.15) is 10.4 Å². The summed E-state index contributed by atoms with van der Waals surface area (Å²) in [4.78, 5) is 12.5. The zero-order valence-corrected chi connectivity index (χ0v) is 11.0. The number of nitrogens with one attached hydrogen (secondary N) is 1. The number of nitrogens with zero attached hydrogens (tertiary/aromatic N) is 1. The Morgan fingerprint density at radius 1 is 1.28 bits per heavy atom. The Hall–Kier alpha value is -1.65. The summed E-state index contributed by atoms with van der Waals surface area (Å²) in [6.45, 7) is 0. The third kappa shape index (κ3) is 3.98. The molecule has 2 rings (SSSR count). The molecule has 3 nitrogen and oxygen atoms in total. The lowest BCUT2D eigenvalue weighted by Gasteiger charge is -1.99. The van der Waals surface area contributed by atoms with E-state index in [-0.39, 0.29) is 5.91 Å². The van der Waals surface area contributed by atoms with Gasteiger partial charge in [0.2, 0.25) is 5.91 Å². The second-order valence-corrected chi connectivity index (χ2v) is 5.34. The van der Waals surface area contributed by atoms with Crippen molar-refractivity contribution in [1.82, 2.24) is 5.43 Å². The summed E-state index contributed by atoms with van der Waals surface area (Å²) in [5.41, 5.74) is 3.45. The molecule has 1 heterocycles. The SMILES string of the molecule is O=C(Cc1ccccc1)N/N=C\c1ccc(Cl)s1. The topological polar surface area (TPSA) is 41.5 Å². The van der Waals surface area contributed by atoms with Crippen molar-refractivity contribution in [2.45, 2.75) is 6.42 Å². The second-order valence-electron chi connectivity index (χ2n) is 3.60. The van der Waals surface area contributed by atoms with Gasteiger partial charge in [-0.25, -0.2) is 5.43 Å². The molecule has 5 heteroatoms. The molecule has 0 fully saturated rings. The highest BCUT2D eigenvalue weighted by Gasteiger charge is 2.00. The molecule has 92 valence electrons. The van der Waals surface area contributed by atoms with Crippen molar-refractivity contribution in [2.75, 3.05) is 0 Å². The summed E-state index contributed by atoms with van der Waals surface area (Å²) in [7, 11) is 0. The van der Waals surface area contributed by atoms with E-state index in [2.05, 4.69) is 10.5 Å². The lowest BCUT2D eigenvalue weighted by molar-refractivity contribution is -0.120. The van der Waals surface area contributed by atoms with E-state index < -0.39 is 0 Å². The van der Waals surface area contributed by atoms with Crippen LogP contribution in [0.2, 0.25) is 4.34 Å². The molecule has 1 aromatic carbocycles. The molecule has 0 atom stereocenters. The van der Waals surface area contributed by atoms with Gasteiger partial charge in [-0.05, 0) is 17.7 Å². The normalized spacial score (nSPS) is 10.7. The van der Waals surface area contributed by atoms with Crippen molar-refractivity contribution < 1.29 is 4.79 Å². The highest BCUT2D eigenvalue weighted by atomic mass is 35.5. The van der Waals surface area contributed by atoms with E-state index in [1.165, 1.54) is 11.3 Å². The number of hydrogen-bond donors (Lipinski definition) is 1. The molecule has 0 saturated carbocycles. The van der Waals surface area contributed by atoms with E-state index in [0.717, 1.165) is 10.4 Å². The van der Waals surface area contributed by atoms with Crippen LogP contribution in [0.25, 0.3) is 0 Å². The van der Waals surface area contributed by atoms with Crippen molar-refractivity contribution in [3.05, 3.63) is 57.2 Å². The minimum absolute atomic E-state index is 0.139. The Morgan fingerprint density at radius 2 is 2.06 bits per heavy atom. The van der Waals surface area contributed by atoms with Gasteiger partial charge in [0.1, 0.15) is 0 Å². The number of thiophene rings is 1. The molecule has 2 aromatic rings. The quantitative estimate of drug-likeness (QED) is 0.678. The molecule has 1 aromatic heterocycles. The zero-order chi connectivity index (χ0) is 12.8. The largest absolute Gasteiger partial charge is 0.273 e. The smallest absolute Gasteiger partial charge is 0.244 e. The number of hydrogen-bond acceptors (Lipinski definition) is 3. The number of carbonyl (C=O) groups is 1. The molecule has 0 spiro atoms. The number of benzene rings is 1. The van der Waals surface area contributed by atoms with E-state index in [1.807, 2.05) is 36.4 Å². The van der Waals surface area contributed by atoms with E-state index >= 15 is 0 Å². The molecule has 0 unspecified atom stereocenters. The molecular formula is C13H11ClN2OS. The molecule has 0 bridgehead atoms. The van der Waals surface area contributed by atoms with Crippen LogP contribution in [-0.2, 0) is 11.2 Å². The van der Waals surface area contributed by atoms with E-state index in [0.29, 0.717) is 10.8 Å². The van der Waals surface area contributed by atoms with Crippen LogP contribution in [0.15, 0.2) is 47.6 Å². The fourth-order valence-corrected chi connectivity index (χ4v) is 2.32. The van der Waals surface area contributed by atoms with Crippen molar-refractivity contribution in [2.24, 2.45) is 5.10 Å². The Labute approximate surface area is 114 Å². The van der Waals surface area contributed by atoms with Gasteiger partial charge in [0.15, 0.2) is 0 Å². The van der Waals surface area contributed by atoms with Crippen LogP contribution < -0.4 is 5.43 Å². The summed E-state index contributed by atoms with van der Waals surface area (Å²) in [5, 5.41) is 3.88. The number of amides is 1. The number of halogens is 1. The van der Waals surface area contributed by atoms with Crippen LogP contribution in [0.3, 0.4) is 0 Å². The maximum atomic E-state index is 11.6. The van der Waals surface area contributed by atoms with Crippen LogP contribution >= 0.6 is 22.9 Å². The van der Waals surface area contributed by atoms with E-state index in [9.17, 15) is 4.79 Å². The predicted molar refractivity (Wildman–Crippen MR) is 75.2 cm³/mol. The Kier molecular flexibility index (Phi) is 4.50. The monoisotopic (exact) mass is 278 g/mol. The third-order valence-corrected chi connectivity index (χ3v) is 3.35. The molecular weight excluding hydrogens is 268 g/mol. The first-order chi connectivity index (χ1) is 8.74. The van der Waals surface area contributed by atoms with Crippen molar-refractivity contribution in [1.29, 1.82) is 0 Å². The van der Waals surface area contributed by atoms with Gasteiger partial charge < -0.3 is 0 Å². The first-order valence-electron chi connectivity index (χ1n) is 5.35. The molecule has 0 aliphatic rings. The van der Waals surface area contributed by atoms with Gasteiger partial charge >= 0.3 is 0 Å². The number of rotatable bonds is 4. The standard InChI is InChI=1S/C13H11ClN2OS/c14-12-7-6-11(18-12)9-15-16-13(17)8-10-4-2-1-3-5-10/h1-7,9H,8H2,(H,16,17)/b15-9-. The zero-order valence-electron chi connectivity index (χ0n) is 9.47. The van der Waals surface area contributed by atoms with Crippen LogP contribution in [0, 0.1) is 0 Å². The summed E-state index contributed by atoms with van der Waals surface area (Å²) in [6.07, 6.45) is 1.91. The first kappa shape index (κ1) is 12.8. The van der Waals surface area contributed by atoms with Gasteiger partial charge in [-0.1, -0.05) is 41.9 Å². The highest BCUT2D eigenvalue weighted by molar-refractivity contribution is 7.17. The molecule has 0 aliphatic heterocycles. The van der Waals surface area contributed by atoms with Crippen LogP contribution in [0.5, 0.6) is 0 Å². The summed E-state index contributed by atoms with van der Waals surface area (Å²) >= 11 is 7.19. The average molecular weight is 279 g/mol. The third-order valence-electron chi connectivity index (χ3n) is 2.18. The van der Waals surface area contributed by atoms with Gasteiger partial charge in [-0.15, -0.1) is 11.3 Å². The Balaban J connectivity index is 1.83. The van der Waals surface area contributed by atoms with Crippen LogP contribution in [-0.4, -0.2) is 12.1 Å². The predicted octanol–water partition coefficient (Wildman–Crippen LogP) is 3.09. The molecule has 1 amide bonds. The average Bonchev–Trinajstić information content (AvgIpc) is 2.76. The molecule has 0 aliphatic carbocycles.